The smallest absolute Gasteiger partial charge is 0.317 e. The summed E-state index contributed by atoms with van der Waals surface area (Å²) in [6, 6.07) is 7.93. The fraction of sp³-hybridized carbons (Fsp3) is 0.375. The maximum Gasteiger partial charge on any atom is 0.317 e. The standard InChI is InChI=1S/C16H19N3O3/c20-15(21)12-6-9-19(10-12)16(22)18-7-4-11-2-1-3-14-13(11)5-8-17-14/h1-3,5,8,12,17H,4,6-7,9-10H2,(H,18,22)(H,20,21). The molecule has 22 heavy (non-hydrogen) atoms. The van der Waals surface area contributed by atoms with Crippen LogP contribution in [0.15, 0.2) is 30.5 Å². The number of carboxylic acid groups (broad SMARTS) is 1. The number of likely N-dealkylation sites (tertiary alicyclic amines) is 1. The fourth-order valence-corrected chi connectivity index (χ4v) is 2.93. The second kappa shape index (κ2) is 6.09. The summed E-state index contributed by atoms with van der Waals surface area (Å²) in [7, 11) is 0. The predicted molar refractivity (Wildman–Crippen MR) is 82.7 cm³/mol. The van der Waals surface area contributed by atoms with Gasteiger partial charge < -0.3 is 20.3 Å². The predicted octanol–water partition coefficient (Wildman–Crippen LogP) is 1.83. The van der Waals surface area contributed by atoms with Crippen LogP contribution in [-0.2, 0) is 11.2 Å². The molecule has 2 amide bonds. The third-order valence-electron chi connectivity index (χ3n) is 4.18. The third kappa shape index (κ3) is 2.90. The molecule has 0 bridgehead atoms. The average Bonchev–Trinajstić information content (AvgIpc) is 3.16. The van der Waals surface area contributed by atoms with Gasteiger partial charge in [-0.2, -0.15) is 0 Å². The van der Waals surface area contributed by atoms with E-state index in [0.717, 1.165) is 11.9 Å². The number of amides is 2. The summed E-state index contributed by atoms with van der Waals surface area (Å²) >= 11 is 0. The molecule has 6 heteroatoms. The first-order valence-corrected chi connectivity index (χ1v) is 7.45. The van der Waals surface area contributed by atoms with Gasteiger partial charge in [0.05, 0.1) is 5.92 Å². The molecule has 1 atom stereocenters. The van der Waals surface area contributed by atoms with Crippen molar-refractivity contribution in [1.82, 2.24) is 15.2 Å². The molecule has 1 saturated heterocycles. The largest absolute Gasteiger partial charge is 0.481 e. The fourth-order valence-electron chi connectivity index (χ4n) is 2.93. The Balaban J connectivity index is 1.52. The molecule has 1 aromatic carbocycles. The van der Waals surface area contributed by atoms with E-state index in [0.29, 0.717) is 26.1 Å². The molecule has 1 fully saturated rings. The van der Waals surface area contributed by atoms with Gasteiger partial charge in [-0.05, 0) is 30.5 Å². The molecule has 0 aliphatic carbocycles. The van der Waals surface area contributed by atoms with Gasteiger partial charge in [-0.1, -0.05) is 12.1 Å². The van der Waals surface area contributed by atoms with Crippen molar-refractivity contribution in [3.05, 3.63) is 36.0 Å². The molecule has 1 aliphatic heterocycles. The zero-order valence-corrected chi connectivity index (χ0v) is 12.2. The monoisotopic (exact) mass is 301 g/mol. The van der Waals surface area contributed by atoms with Gasteiger partial charge in [-0.3, -0.25) is 4.79 Å². The Morgan fingerprint density at radius 2 is 2.23 bits per heavy atom. The van der Waals surface area contributed by atoms with Crippen LogP contribution in [0, 0.1) is 5.92 Å². The average molecular weight is 301 g/mol. The van der Waals surface area contributed by atoms with E-state index in [1.807, 2.05) is 24.4 Å². The second-order valence-electron chi connectivity index (χ2n) is 5.61. The summed E-state index contributed by atoms with van der Waals surface area (Å²) in [5, 5.41) is 13.0. The first kappa shape index (κ1) is 14.4. The summed E-state index contributed by atoms with van der Waals surface area (Å²) in [6.07, 6.45) is 3.19. The van der Waals surface area contributed by atoms with Gasteiger partial charge in [-0.25, -0.2) is 4.79 Å². The van der Waals surface area contributed by atoms with Crippen LogP contribution >= 0.6 is 0 Å². The molecule has 2 heterocycles. The van der Waals surface area contributed by atoms with Crippen LogP contribution in [0.25, 0.3) is 10.9 Å². The lowest BCUT2D eigenvalue weighted by molar-refractivity contribution is -0.141. The van der Waals surface area contributed by atoms with Crippen molar-refractivity contribution in [3.63, 3.8) is 0 Å². The highest BCUT2D eigenvalue weighted by Crippen LogP contribution is 2.18. The Kier molecular flexibility index (Phi) is 4.00. The number of aromatic amines is 1. The van der Waals surface area contributed by atoms with Crippen molar-refractivity contribution < 1.29 is 14.7 Å². The van der Waals surface area contributed by atoms with Gasteiger partial charge in [0, 0.05) is 36.7 Å². The van der Waals surface area contributed by atoms with Gasteiger partial charge >= 0.3 is 12.0 Å². The highest BCUT2D eigenvalue weighted by Gasteiger charge is 2.30. The molecule has 1 aliphatic rings. The number of aliphatic carboxylic acids is 1. The number of fused-ring (bicyclic) bond motifs is 1. The van der Waals surface area contributed by atoms with E-state index in [1.165, 1.54) is 10.9 Å². The van der Waals surface area contributed by atoms with Crippen LogP contribution in [0.1, 0.15) is 12.0 Å². The maximum absolute atomic E-state index is 12.0. The summed E-state index contributed by atoms with van der Waals surface area (Å²) in [5.41, 5.74) is 2.27. The van der Waals surface area contributed by atoms with Crippen molar-refractivity contribution >= 4 is 22.9 Å². The topological polar surface area (TPSA) is 85.4 Å². The Morgan fingerprint density at radius 3 is 3.00 bits per heavy atom. The van der Waals surface area contributed by atoms with Crippen molar-refractivity contribution in [2.45, 2.75) is 12.8 Å². The molecule has 3 N–H and O–H groups in total. The molecule has 1 aromatic heterocycles. The molecule has 1 unspecified atom stereocenters. The van der Waals surface area contributed by atoms with E-state index < -0.39 is 11.9 Å². The number of H-pyrrole nitrogens is 1. The number of nitrogens with one attached hydrogen (secondary N) is 2. The number of urea groups is 1. The van der Waals surface area contributed by atoms with Crippen LogP contribution in [0.5, 0.6) is 0 Å². The molecular weight excluding hydrogens is 282 g/mol. The number of rotatable bonds is 4. The minimum Gasteiger partial charge on any atom is -0.481 e. The van der Waals surface area contributed by atoms with E-state index in [2.05, 4.69) is 16.4 Å². The zero-order chi connectivity index (χ0) is 15.5. The first-order chi connectivity index (χ1) is 10.6. The lowest BCUT2D eigenvalue weighted by Crippen LogP contribution is -2.39. The number of hydrogen-bond acceptors (Lipinski definition) is 2. The third-order valence-corrected chi connectivity index (χ3v) is 4.18. The molecule has 0 saturated carbocycles. The molecule has 0 radical (unpaired) electrons. The van der Waals surface area contributed by atoms with E-state index in [-0.39, 0.29) is 6.03 Å². The minimum atomic E-state index is -0.825. The van der Waals surface area contributed by atoms with Crippen molar-refractivity contribution in [2.24, 2.45) is 5.92 Å². The molecular formula is C16H19N3O3. The van der Waals surface area contributed by atoms with Crippen LogP contribution in [0.4, 0.5) is 4.79 Å². The van der Waals surface area contributed by atoms with Gasteiger partial charge in [0.2, 0.25) is 0 Å². The number of aromatic nitrogens is 1. The van der Waals surface area contributed by atoms with Gasteiger partial charge in [-0.15, -0.1) is 0 Å². The summed E-state index contributed by atoms with van der Waals surface area (Å²) in [6.45, 7) is 1.35. The number of carbonyl (C=O) groups is 2. The van der Waals surface area contributed by atoms with Crippen molar-refractivity contribution in [2.75, 3.05) is 19.6 Å². The Labute approximate surface area is 128 Å². The lowest BCUT2D eigenvalue weighted by atomic mass is 10.1. The number of hydrogen-bond donors (Lipinski definition) is 3. The van der Waals surface area contributed by atoms with Crippen molar-refractivity contribution in [1.29, 1.82) is 0 Å². The number of benzene rings is 1. The molecule has 3 rings (SSSR count). The quantitative estimate of drug-likeness (QED) is 0.805. The second-order valence-corrected chi connectivity index (χ2v) is 5.61. The first-order valence-electron chi connectivity index (χ1n) is 7.45. The van der Waals surface area contributed by atoms with E-state index in [1.54, 1.807) is 4.90 Å². The number of carboxylic acids is 1. The van der Waals surface area contributed by atoms with E-state index >= 15 is 0 Å². The normalized spacial score (nSPS) is 17.8. The van der Waals surface area contributed by atoms with Gasteiger partial charge in [0.15, 0.2) is 0 Å². The minimum absolute atomic E-state index is 0.176. The molecule has 2 aromatic rings. The molecule has 116 valence electrons. The molecule has 0 spiro atoms. The van der Waals surface area contributed by atoms with Gasteiger partial charge in [0.1, 0.15) is 0 Å². The SMILES string of the molecule is O=C(O)C1CCN(C(=O)NCCc2cccc3[nH]ccc23)C1. The Hall–Kier alpha value is -2.50. The van der Waals surface area contributed by atoms with E-state index in [9.17, 15) is 9.59 Å². The van der Waals surface area contributed by atoms with Crippen LogP contribution in [0.3, 0.4) is 0 Å². The molecule has 6 nitrogen and oxygen atoms in total. The van der Waals surface area contributed by atoms with E-state index in [4.69, 9.17) is 5.11 Å². The summed E-state index contributed by atoms with van der Waals surface area (Å²) < 4.78 is 0. The Morgan fingerprint density at radius 1 is 1.36 bits per heavy atom. The van der Waals surface area contributed by atoms with Gasteiger partial charge in [0.25, 0.3) is 0 Å². The number of nitrogens with zero attached hydrogens (tertiary/aromatic N) is 1. The zero-order valence-electron chi connectivity index (χ0n) is 12.2. The van der Waals surface area contributed by atoms with Crippen LogP contribution in [0.2, 0.25) is 0 Å². The van der Waals surface area contributed by atoms with Crippen molar-refractivity contribution in [3.8, 4) is 0 Å². The highest BCUT2D eigenvalue weighted by molar-refractivity contribution is 5.83. The van der Waals surface area contributed by atoms with Crippen LogP contribution < -0.4 is 5.32 Å². The highest BCUT2D eigenvalue weighted by atomic mass is 16.4. The number of carbonyl (C=O) groups excluding carboxylic acids is 1. The summed E-state index contributed by atoms with van der Waals surface area (Å²) in [4.78, 5) is 27.7. The van der Waals surface area contributed by atoms with Crippen LogP contribution in [-0.4, -0.2) is 46.6 Å². The Bertz CT molecular complexity index is 695. The lowest BCUT2D eigenvalue weighted by Gasteiger charge is -2.16. The summed E-state index contributed by atoms with van der Waals surface area (Å²) in [5.74, 6) is -1.26. The maximum atomic E-state index is 12.0.